The zero-order valence-electron chi connectivity index (χ0n) is 12.2. The summed E-state index contributed by atoms with van der Waals surface area (Å²) in [5, 5.41) is 0. The first-order valence-corrected chi connectivity index (χ1v) is 7.22. The Morgan fingerprint density at radius 3 is 2.79 bits per heavy atom. The van der Waals surface area contributed by atoms with Crippen LogP contribution in [0.2, 0.25) is 0 Å². The molecule has 1 aliphatic rings. The minimum absolute atomic E-state index is 0.143. The van der Waals surface area contributed by atoms with Gasteiger partial charge < -0.3 is 15.2 Å². The molecule has 4 nitrogen and oxygen atoms in total. The van der Waals surface area contributed by atoms with Crippen molar-refractivity contribution in [1.29, 1.82) is 0 Å². The van der Waals surface area contributed by atoms with E-state index in [1.807, 2.05) is 34.7 Å². The van der Waals surface area contributed by atoms with Crippen LogP contribution in [0, 0.1) is 5.92 Å². The predicted octanol–water partition coefficient (Wildman–Crippen LogP) is 2.27. The molecule has 19 heavy (non-hydrogen) atoms. The van der Waals surface area contributed by atoms with E-state index >= 15 is 0 Å². The smallest absolute Gasteiger partial charge is 0.270 e. The number of amides is 1. The molecule has 0 aromatic carbocycles. The third-order valence-corrected chi connectivity index (χ3v) is 4.04. The average molecular weight is 263 g/mol. The molecule has 0 radical (unpaired) electrons. The highest BCUT2D eigenvalue weighted by Gasteiger charge is 2.27. The maximum atomic E-state index is 12.6. The lowest BCUT2D eigenvalue weighted by Gasteiger charge is -2.35. The Balaban J connectivity index is 2.13. The molecule has 4 heteroatoms. The molecular formula is C15H25N3O. The van der Waals surface area contributed by atoms with Crippen LogP contribution in [0.15, 0.2) is 18.3 Å². The summed E-state index contributed by atoms with van der Waals surface area (Å²) >= 11 is 0. The summed E-state index contributed by atoms with van der Waals surface area (Å²) in [6.45, 7) is 7.87. The average Bonchev–Trinajstić information content (AvgIpc) is 2.87. The Morgan fingerprint density at radius 1 is 1.42 bits per heavy atom. The second kappa shape index (κ2) is 5.78. The van der Waals surface area contributed by atoms with Crippen molar-refractivity contribution in [2.45, 2.75) is 45.7 Å². The van der Waals surface area contributed by atoms with E-state index in [2.05, 4.69) is 13.8 Å². The van der Waals surface area contributed by atoms with Crippen LogP contribution in [0.4, 0.5) is 0 Å². The number of likely N-dealkylation sites (tertiary alicyclic amines) is 1. The van der Waals surface area contributed by atoms with Gasteiger partial charge in [0.1, 0.15) is 5.69 Å². The third kappa shape index (κ3) is 3.00. The van der Waals surface area contributed by atoms with Gasteiger partial charge in [-0.15, -0.1) is 0 Å². The van der Waals surface area contributed by atoms with Crippen LogP contribution in [0.25, 0.3) is 0 Å². The highest BCUT2D eigenvalue weighted by molar-refractivity contribution is 5.92. The van der Waals surface area contributed by atoms with E-state index in [0.717, 1.165) is 31.6 Å². The van der Waals surface area contributed by atoms with Crippen molar-refractivity contribution < 1.29 is 4.79 Å². The Bertz CT molecular complexity index is 436. The number of aromatic nitrogens is 1. The lowest BCUT2D eigenvalue weighted by Crippen LogP contribution is -2.45. The van der Waals surface area contributed by atoms with Gasteiger partial charge >= 0.3 is 0 Å². The number of piperidine rings is 1. The van der Waals surface area contributed by atoms with E-state index < -0.39 is 0 Å². The van der Waals surface area contributed by atoms with Crippen LogP contribution in [-0.2, 0) is 0 Å². The summed E-state index contributed by atoms with van der Waals surface area (Å²) in [5.41, 5.74) is 6.78. The molecule has 2 heterocycles. The van der Waals surface area contributed by atoms with Crippen LogP contribution in [0.3, 0.4) is 0 Å². The Morgan fingerprint density at radius 2 is 2.16 bits per heavy atom. The zero-order valence-corrected chi connectivity index (χ0v) is 12.2. The maximum absolute atomic E-state index is 12.6. The standard InChI is InChI=1S/C15H25N3O/c1-11(2)18-9-5-7-14(18)15(19)17-8-4-6-13(10-17)12(3)16/h5,7,9,11-13H,4,6,8,10,16H2,1-3H3. The van der Waals surface area contributed by atoms with Crippen molar-refractivity contribution in [3.63, 3.8) is 0 Å². The number of hydrogen-bond acceptors (Lipinski definition) is 2. The second-order valence-electron chi connectivity index (χ2n) is 5.91. The number of carbonyl (C=O) groups excluding carboxylic acids is 1. The molecule has 1 aliphatic heterocycles. The molecular weight excluding hydrogens is 238 g/mol. The summed E-state index contributed by atoms with van der Waals surface area (Å²) in [6.07, 6.45) is 4.16. The molecule has 2 unspecified atom stereocenters. The van der Waals surface area contributed by atoms with Gasteiger partial charge in [-0.05, 0) is 51.7 Å². The Kier molecular flexibility index (Phi) is 4.30. The molecule has 0 aliphatic carbocycles. The number of carbonyl (C=O) groups is 1. The van der Waals surface area contributed by atoms with Gasteiger partial charge in [0.25, 0.3) is 5.91 Å². The molecule has 2 rings (SSSR count). The molecule has 1 aromatic heterocycles. The quantitative estimate of drug-likeness (QED) is 0.909. The molecule has 1 aromatic rings. The van der Waals surface area contributed by atoms with Gasteiger partial charge in [-0.1, -0.05) is 0 Å². The molecule has 0 spiro atoms. The van der Waals surface area contributed by atoms with E-state index in [1.54, 1.807) is 0 Å². The third-order valence-electron chi connectivity index (χ3n) is 4.04. The lowest BCUT2D eigenvalue weighted by atomic mass is 9.92. The van der Waals surface area contributed by atoms with Crippen molar-refractivity contribution in [1.82, 2.24) is 9.47 Å². The van der Waals surface area contributed by atoms with E-state index in [1.165, 1.54) is 0 Å². The van der Waals surface area contributed by atoms with Crippen molar-refractivity contribution in [3.8, 4) is 0 Å². The molecule has 106 valence electrons. The van der Waals surface area contributed by atoms with E-state index in [0.29, 0.717) is 12.0 Å². The van der Waals surface area contributed by atoms with Gasteiger partial charge in [0.05, 0.1) is 0 Å². The Labute approximate surface area is 115 Å². The van der Waals surface area contributed by atoms with Crippen LogP contribution in [-0.4, -0.2) is 34.5 Å². The van der Waals surface area contributed by atoms with E-state index in [4.69, 9.17) is 5.73 Å². The summed E-state index contributed by atoms with van der Waals surface area (Å²) in [4.78, 5) is 14.6. The highest BCUT2D eigenvalue weighted by atomic mass is 16.2. The first kappa shape index (κ1) is 14.1. The summed E-state index contributed by atoms with van der Waals surface area (Å²) < 4.78 is 2.04. The molecule has 2 atom stereocenters. The van der Waals surface area contributed by atoms with Crippen molar-refractivity contribution in [3.05, 3.63) is 24.0 Å². The fourth-order valence-electron chi connectivity index (χ4n) is 2.81. The summed E-state index contributed by atoms with van der Waals surface area (Å²) in [6, 6.07) is 4.33. The predicted molar refractivity (Wildman–Crippen MR) is 77.1 cm³/mol. The van der Waals surface area contributed by atoms with E-state index in [9.17, 15) is 4.79 Å². The molecule has 0 bridgehead atoms. The van der Waals surface area contributed by atoms with Crippen molar-refractivity contribution in [2.24, 2.45) is 11.7 Å². The van der Waals surface area contributed by atoms with Gasteiger partial charge in [0, 0.05) is 31.4 Å². The number of rotatable bonds is 3. The molecule has 2 N–H and O–H groups in total. The first-order chi connectivity index (χ1) is 9.00. The van der Waals surface area contributed by atoms with Gasteiger partial charge in [0.15, 0.2) is 0 Å². The second-order valence-corrected chi connectivity index (χ2v) is 5.91. The largest absolute Gasteiger partial charge is 0.341 e. The summed E-state index contributed by atoms with van der Waals surface area (Å²) in [5.74, 6) is 0.573. The normalized spacial score (nSPS) is 21.7. The van der Waals surface area contributed by atoms with Crippen LogP contribution in [0.5, 0.6) is 0 Å². The van der Waals surface area contributed by atoms with Crippen LogP contribution < -0.4 is 5.73 Å². The van der Waals surface area contributed by atoms with Crippen LogP contribution >= 0.6 is 0 Å². The SMILES string of the molecule is CC(N)C1CCCN(C(=O)c2cccn2C(C)C)C1. The minimum Gasteiger partial charge on any atom is -0.341 e. The monoisotopic (exact) mass is 263 g/mol. The molecule has 1 fully saturated rings. The first-order valence-electron chi connectivity index (χ1n) is 7.22. The van der Waals surface area contributed by atoms with Crippen LogP contribution in [0.1, 0.15) is 50.1 Å². The molecule has 1 saturated heterocycles. The fraction of sp³-hybridized carbons (Fsp3) is 0.667. The van der Waals surface area contributed by atoms with Gasteiger partial charge in [-0.3, -0.25) is 4.79 Å². The molecule has 1 amide bonds. The van der Waals surface area contributed by atoms with E-state index in [-0.39, 0.29) is 11.9 Å². The van der Waals surface area contributed by atoms with Gasteiger partial charge in [-0.2, -0.15) is 0 Å². The number of nitrogens with zero attached hydrogens (tertiary/aromatic N) is 2. The fourth-order valence-corrected chi connectivity index (χ4v) is 2.81. The van der Waals surface area contributed by atoms with Gasteiger partial charge in [-0.25, -0.2) is 0 Å². The highest BCUT2D eigenvalue weighted by Crippen LogP contribution is 2.21. The molecule has 0 saturated carbocycles. The Hall–Kier alpha value is -1.29. The zero-order chi connectivity index (χ0) is 14.0. The minimum atomic E-state index is 0.143. The van der Waals surface area contributed by atoms with Crippen molar-refractivity contribution >= 4 is 5.91 Å². The lowest BCUT2D eigenvalue weighted by molar-refractivity contribution is 0.0648. The topological polar surface area (TPSA) is 51.3 Å². The van der Waals surface area contributed by atoms with Gasteiger partial charge in [0.2, 0.25) is 0 Å². The number of nitrogens with two attached hydrogens (primary N) is 1. The number of hydrogen-bond donors (Lipinski definition) is 1. The maximum Gasteiger partial charge on any atom is 0.270 e. The summed E-state index contributed by atoms with van der Waals surface area (Å²) in [7, 11) is 0. The van der Waals surface area contributed by atoms with Crippen molar-refractivity contribution in [2.75, 3.05) is 13.1 Å².